The van der Waals surface area contributed by atoms with Gasteiger partial charge in [0.25, 0.3) is 0 Å². The van der Waals surface area contributed by atoms with Crippen molar-refractivity contribution in [2.45, 2.75) is 34.1 Å². The third kappa shape index (κ3) is 9.62. The minimum absolute atomic E-state index is 0. The molecule has 0 aliphatic heterocycles. The van der Waals surface area contributed by atoms with Crippen LogP contribution < -0.4 is 16.0 Å². The number of nitrogens with one attached hydrogen (secondary N) is 3. The molecule has 0 fully saturated rings. The van der Waals surface area contributed by atoms with Gasteiger partial charge in [0.15, 0.2) is 5.96 Å². The lowest BCUT2D eigenvalue weighted by Crippen LogP contribution is -2.42. The lowest BCUT2D eigenvalue weighted by Gasteiger charge is -2.13. The zero-order chi connectivity index (χ0) is 17.9. The van der Waals surface area contributed by atoms with E-state index in [-0.39, 0.29) is 41.6 Å². The maximum Gasteiger partial charge on any atom is 0.222 e. The molecule has 3 N–H and O–H groups in total. The second-order valence-electron chi connectivity index (χ2n) is 5.95. The molecule has 0 radical (unpaired) electrons. The van der Waals surface area contributed by atoms with E-state index in [0.717, 1.165) is 30.1 Å². The first-order valence-corrected chi connectivity index (χ1v) is 8.49. The Morgan fingerprint density at radius 2 is 1.88 bits per heavy atom. The Morgan fingerprint density at radius 3 is 2.48 bits per heavy atom. The van der Waals surface area contributed by atoms with Crippen molar-refractivity contribution in [3.63, 3.8) is 0 Å². The average molecular weight is 464 g/mol. The molecule has 1 aromatic carbocycles. The summed E-state index contributed by atoms with van der Waals surface area (Å²) in [5.74, 6) is 0.547. The van der Waals surface area contributed by atoms with Crippen LogP contribution in [0.2, 0.25) is 0 Å². The lowest BCUT2D eigenvalue weighted by atomic mass is 10.1. The summed E-state index contributed by atoms with van der Waals surface area (Å²) in [5, 5.41) is 9.21. The molecule has 0 unspecified atom stereocenters. The van der Waals surface area contributed by atoms with Crippen LogP contribution in [0.3, 0.4) is 0 Å². The average Bonchev–Trinajstić information content (AvgIpc) is 2.53. The van der Waals surface area contributed by atoms with Crippen molar-refractivity contribution in [3.8, 4) is 0 Å². The molecule has 1 rings (SSSR count). The first kappa shape index (κ1) is 23.6. The number of hydrogen-bond acceptors (Lipinski definition) is 2. The molecule has 5 nitrogen and oxygen atoms in total. The van der Waals surface area contributed by atoms with Gasteiger partial charge in [0, 0.05) is 32.1 Å². The van der Waals surface area contributed by atoms with E-state index in [1.807, 2.05) is 33.8 Å². The highest BCUT2D eigenvalue weighted by atomic mass is 127. The fourth-order valence-electron chi connectivity index (χ4n) is 2.14. The lowest BCUT2D eigenvalue weighted by molar-refractivity contribution is -0.123. The van der Waals surface area contributed by atoms with E-state index in [0.29, 0.717) is 19.6 Å². The van der Waals surface area contributed by atoms with E-state index in [2.05, 4.69) is 20.9 Å². The molecular weight excluding hydrogens is 434 g/mol. The van der Waals surface area contributed by atoms with Crippen LogP contribution >= 0.6 is 24.0 Å². The van der Waals surface area contributed by atoms with Gasteiger partial charge < -0.3 is 16.0 Å². The number of aryl methyl sites for hydroxylation is 1. The van der Waals surface area contributed by atoms with Gasteiger partial charge in [-0.1, -0.05) is 19.9 Å². The van der Waals surface area contributed by atoms with Gasteiger partial charge >= 0.3 is 0 Å². The molecule has 0 aliphatic carbocycles. The number of aliphatic imine (C=N–C) groups is 1. The summed E-state index contributed by atoms with van der Waals surface area (Å²) < 4.78 is 13.1. The molecule has 1 amide bonds. The van der Waals surface area contributed by atoms with E-state index in [1.54, 1.807) is 6.07 Å². The highest BCUT2D eigenvalue weighted by molar-refractivity contribution is 14.0. The smallest absolute Gasteiger partial charge is 0.222 e. The Morgan fingerprint density at radius 1 is 1.20 bits per heavy atom. The van der Waals surface area contributed by atoms with Crippen LogP contribution in [0.25, 0.3) is 0 Å². The Labute approximate surface area is 167 Å². The van der Waals surface area contributed by atoms with Crippen LogP contribution in [-0.2, 0) is 11.2 Å². The molecule has 0 saturated heterocycles. The third-order valence-electron chi connectivity index (χ3n) is 3.54. The molecule has 142 valence electrons. The van der Waals surface area contributed by atoms with Gasteiger partial charge in [-0.15, -0.1) is 24.0 Å². The van der Waals surface area contributed by atoms with Crippen molar-refractivity contribution in [2.75, 3.05) is 26.2 Å². The van der Waals surface area contributed by atoms with E-state index in [1.165, 1.54) is 6.07 Å². The van der Waals surface area contributed by atoms with Crippen molar-refractivity contribution < 1.29 is 9.18 Å². The molecule has 25 heavy (non-hydrogen) atoms. The molecule has 1 aromatic rings. The summed E-state index contributed by atoms with van der Waals surface area (Å²) in [6, 6.07) is 4.83. The Hall–Kier alpha value is -1.38. The summed E-state index contributed by atoms with van der Waals surface area (Å²) in [7, 11) is 0. The van der Waals surface area contributed by atoms with Gasteiger partial charge in [-0.3, -0.25) is 9.79 Å². The van der Waals surface area contributed by atoms with Gasteiger partial charge in [0.2, 0.25) is 5.91 Å². The number of amides is 1. The van der Waals surface area contributed by atoms with E-state index >= 15 is 0 Å². The van der Waals surface area contributed by atoms with Gasteiger partial charge in [0.05, 0.1) is 0 Å². The minimum atomic E-state index is -0.210. The van der Waals surface area contributed by atoms with Crippen LogP contribution in [0.4, 0.5) is 4.39 Å². The van der Waals surface area contributed by atoms with Gasteiger partial charge in [0.1, 0.15) is 5.82 Å². The number of halogens is 2. The van der Waals surface area contributed by atoms with Crippen LogP contribution in [0.1, 0.15) is 31.9 Å². The van der Waals surface area contributed by atoms with Crippen molar-refractivity contribution in [2.24, 2.45) is 10.9 Å². The Balaban J connectivity index is 0.00000576. The molecule has 0 spiro atoms. The molecule has 7 heteroatoms. The Kier molecular flexibility index (Phi) is 12.2. The standard InChI is InChI=1S/C18H29FN4O.HI/c1-5-20-18(23-11-10-21-17(24)13(2)3)22-9-8-15-6-7-16(19)12-14(15)4;/h6-7,12-13H,5,8-11H2,1-4H3,(H,21,24)(H2,20,22,23);1H. The summed E-state index contributed by atoms with van der Waals surface area (Å²) >= 11 is 0. The van der Waals surface area contributed by atoms with Gasteiger partial charge in [-0.05, 0) is 43.5 Å². The van der Waals surface area contributed by atoms with Crippen molar-refractivity contribution in [1.82, 2.24) is 16.0 Å². The normalized spacial score (nSPS) is 11.0. The van der Waals surface area contributed by atoms with Crippen LogP contribution in [-0.4, -0.2) is 38.0 Å². The fraction of sp³-hybridized carbons (Fsp3) is 0.556. The van der Waals surface area contributed by atoms with Crippen LogP contribution in [0.15, 0.2) is 23.2 Å². The topological polar surface area (TPSA) is 65.5 Å². The SMILES string of the molecule is CCNC(=NCCc1ccc(F)cc1C)NCCNC(=O)C(C)C.I. The first-order valence-electron chi connectivity index (χ1n) is 8.49. The van der Waals surface area contributed by atoms with E-state index < -0.39 is 0 Å². The Bertz CT molecular complexity index is 564. The maximum atomic E-state index is 13.1. The highest BCUT2D eigenvalue weighted by Gasteiger charge is 2.05. The molecule has 0 aliphatic rings. The molecular formula is C18H30FIN4O. The van der Waals surface area contributed by atoms with Crippen molar-refractivity contribution in [1.29, 1.82) is 0 Å². The number of rotatable bonds is 8. The van der Waals surface area contributed by atoms with Crippen molar-refractivity contribution >= 4 is 35.8 Å². The van der Waals surface area contributed by atoms with E-state index in [9.17, 15) is 9.18 Å². The van der Waals surface area contributed by atoms with Crippen LogP contribution in [0.5, 0.6) is 0 Å². The molecule has 0 heterocycles. The van der Waals surface area contributed by atoms with Crippen LogP contribution in [0, 0.1) is 18.7 Å². The summed E-state index contributed by atoms with van der Waals surface area (Å²) in [6.07, 6.45) is 0.757. The minimum Gasteiger partial charge on any atom is -0.357 e. The second-order valence-corrected chi connectivity index (χ2v) is 5.95. The predicted molar refractivity (Wildman–Crippen MR) is 112 cm³/mol. The fourth-order valence-corrected chi connectivity index (χ4v) is 2.14. The van der Waals surface area contributed by atoms with E-state index in [4.69, 9.17) is 0 Å². The van der Waals surface area contributed by atoms with Gasteiger partial charge in [-0.25, -0.2) is 4.39 Å². The third-order valence-corrected chi connectivity index (χ3v) is 3.54. The summed E-state index contributed by atoms with van der Waals surface area (Å²) in [5.41, 5.74) is 2.04. The summed E-state index contributed by atoms with van der Waals surface area (Å²) in [4.78, 5) is 16.0. The number of carbonyl (C=O) groups excluding carboxylic acids is 1. The predicted octanol–water partition coefficient (Wildman–Crippen LogP) is 2.62. The molecule has 0 aromatic heterocycles. The number of hydrogen-bond donors (Lipinski definition) is 3. The van der Waals surface area contributed by atoms with Gasteiger partial charge in [-0.2, -0.15) is 0 Å². The number of nitrogens with zero attached hydrogens (tertiary/aromatic N) is 1. The quantitative estimate of drug-likeness (QED) is 0.240. The molecule has 0 atom stereocenters. The van der Waals surface area contributed by atoms with Crippen molar-refractivity contribution in [3.05, 3.63) is 35.1 Å². The number of carbonyl (C=O) groups is 1. The molecule has 0 saturated carbocycles. The second kappa shape index (κ2) is 12.9. The number of guanidine groups is 1. The highest BCUT2D eigenvalue weighted by Crippen LogP contribution is 2.10. The zero-order valence-corrected chi connectivity index (χ0v) is 17.8. The molecule has 0 bridgehead atoms. The maximum absolute atomic E-state index is 13.1. The largest absolute Gasteiger partial charge is 0.357 e. The summed E-state index contributed by atoms with van der Waals surface area (Å²) in [6.45, 7) is 10.2. The first-order chi connectivity index (χ1) is 11.4. The monoisotopic (exact) mass is 464 g/mol. The zero-order valence-electron chi connectivity index (χ0n) is 15.5. The number of benzene rings is 1.